The SMILES string of the molecule is CC=C[C@@H]1C[C@@H](C(=O)OC(C)(C)C)N(C(=O)OC(C)(C)C)[C@H]1[C@@H](NC(C)=O)C(=O)C(C)CC. The molecule has 0 aromatic carbocycles. The first-order valence-electron chi connectivity index (χ1n) is 11.7. The van der Waals surface area contributed by atoms with Gasteiger partial charge in [0.2, 0.25) is 5.91 Å². The van der Waals surface area contributed by atoms with Crippen LogP contribution in [0.15, 0.2) is 12.2 Å². The number of hydrogen-bond acceptors (Lipinski definition) is 6. The molecule has 1 fully saturated rings. The third-order valence-electron chi connectivity index (χ3n) is 5.42. The van der Waals surface area contributed by atoms with Crippen molar-refractivity contribution in [1.82, 2.24) is 10.2 Å². The lowest BCUT2D eigenvalue weighted by Gasteiger charge is -2.37. The Balaban J connectivity index is 3.63. The summed E-state index contributed by atoms with van der Waals surface area (Å²) in [5, 5.41) is 2.76. The Morgan fingerprint density at radius 1 is 1.06 bits per heavy atom. The number of allylic oxidation sites excluding steroid dienone is 1. The van der Waals surface area contributed by atoms with Crippen molar-refractivity contribution in [3.8, 4) is 0 Å². The molecule has 1 unspecified atom stereocenters. The Kier molecular flexibility index (Phi) is 9.69. The maximum atomic E-state index is 13.4. The van der Waals surface area contributed by atoms with Crippen LogP contribution in [-0.2, 0) is 23.9 Å². The first-order chi connectivity index (χ1) is 15.0. The Bertz CT molecular complexity index is 762. The molecule has 1 rings (SSSR count). The van der Waals surface area contributed by atoms with Crippen LogP contribution in [0.2, 0.25) is 0 Å². The highest BCUT2D eigenvalue weighted by molar-refractivity contribution is 5.92. The molecule has 1 heterocycles. The van der Waals surface area contributed by atoms with E-state index >= 15 is 0 Å². The molecular weight excluding hydrogens is 424 g/mol. The molecule has 0 spiro atoms. The molecule has 8 heteroatoms. The van der Waals surface area contributed by atoms with Crippen molar-refractivity contribution in [2.75, 3.05) is 0 Å². The minimum Gasteiger partial charge on any atom is -0.458 e. The number of ether oxygens (including phenoxy) is 2. The number of esters is 1. The van der Waals surface area contributed by atoms with Gasteiger partial charge in [-0.05, 0) is 61.3 Å². The van der Waals surface area contributed by atoms with Crippen LogP contribution < -0.4 is 5.32 Å². The molecule has 1 N–H and O–H groups in total. The first-order valence-corrected chi connectivity index (χ1v) is 11.7. The lowest BCUT2D eigenvalue weighted by Crippen LogP contribution is -2.60. The number of carbonyl (C=O) groups is 4. The second-order valence-corrected chi connectivity index (χ2v) is 10.7. The van der Waals surface area contributed by atoms with Crippen molar-refractivity contribution in [2.24, 2.45) is 11.8 Å². The van der Waals surface area contributed by atoms with Crippen molar-refractivity contribution in [3.63, 3.8) is 0 Å². The van der Waals surface area contributed by atoms with E-state index in [0.717, 1.165) is 0 Å². The van der Waals surface area contributed by atoms with Crippen LogP contribution in [0.25, 0.3) is 0 Å². The molecule has 1 saturated heterocycles. The number of likely N-dealkylation sites (tertiary alicyclic amines) is 1. The molecule has 0 radical (unpaired) electrons. The van der Waals surface area contributed by atoms with Crippen molar-refractivity contribution in [3.05, 3.63) is 12.2 Å². The number of hydrogen-bond donors (Lipinski definition) is 1. The summed E-state index contributed by atoms with van der Waals surface area (Å²) in [6.45, 7) is 17.3. The third-order valence-corrected chi connectivity index (χ3v) is 5.42. The molecule has 1 aliphatic rings. The summed E-state index contributed by atoms with van der Waals surface area (Å²) in [6.07, 6.45) is 3.81. The van der Waals surface area contributed by atoms with E-state index in [1.807, 2.05) is 26.0 Å². The number of Topliss-reactive ketones (excluding diaryl/α,β-unsaturated/α-hetero) is 1. The molecule has 0 bridgehead atoms. The maximum Gasteiger partial charge on any atom is 0.411 e. The zero-order valence-electron chi connectivity index (χ0n) is 21.9. The van der Waals surface area contributed by atoms with Gasteiger partial charge in [0, 0.05) is 18.8 Å². The zero-order chi connectivity index (χ0) is 25.7. The summed E-state index contributed by atoms with van der Waals surface area (Å²) in [5.41, 5.74) is -1.57. The van der Waals surface area contributed by atoms with Crippen LogP contribution >= 0.6 is 0 Å². The van der Waals surface area contributed by atoms with Crippen LogP contribution in [0, 0.1) is 11.8 Å². The average Bonchev–Trinajstić information content (AvgIpc) is 3.01. The molecule has 0 saturated carbocycles. The van der Waals surface area contributed by atoms with Gasteiger partial charge in [-0.1, -0.05) is 26.0 Å². The van der Waals surface area contributed by atoms with E-state index in [-0.39, 0.29) is 29.9 Å². The highest BCUT2D eigenvalue weighted by Crippen LogP contribution is 2.37. The van der Waals surface area contributed by atoms with Gasteiger partial charge >= 0.3 is 12.1 Å². The fourth-order valence-electron chi connectivity index (χ4n) is 3.97. The van der Waals surface area contributed by atoms with Gasteiger partial charge in [-0.25, -0.2) is 9.59 Å². The van der Waals surface area contributed by atoms with Crippen LogP contribution in [0.3, 0.4) is 0 Å². The summed E-state index contributed by atoms with van der Waals surface area (Å²) in [6, 6.07) is -2.73. The van der Waals surface area contributed by atoms with E-state index in [9.17, 15) is 19.2 Å². The van der Waals surface area contributed by atoms with E-state index in [1.54, 1.807) is 48.5 Å². The molecule has 1 aliphatic heterocycles. The van der Waals surface area contributed by atoms with Crippen LogP contribution in [0.1, 0.15) is 82.1 Å². The fraction of sp³-hybridized carbons (Fsp3) is 0.760. The predicted octanol–water partition coefficient (Wildman–Crippen LogP) is 4.02. The standard InChI is InChI=1S/C25H42N2O6/c1-11-13-17-14-18(22(30)32-24(5,6)7)27(23(31)33-25(8,9)10)20(17)19(26-16(4)28)21(29)15(3)12-2/h11,13,15,17-20H,12,14H2,1-10H3,(H,26,28)/t15?,17-,18+,19-,20-/m1/s1. The summed E-state index contributed by atoms with van der Waals surface area (Å²) < 4.78 is 11.3. The molecule has 33 heavy (non-hydrogen) atoms. The number of amides is 2. The zero-order valence-corrected chi connectivity index (χ0v) is 21.9. The normalized spacial score (nSPS) is 23.2. The van der Waals surface area contributed by atoms with Gasteiger partial charge in [-0.3, -0.25) is 14.5 Å². The first kappa shape index (κ1) is 28.7. The van der Waals surface area contributed by atoms with Gasteiger partial charge in [0.15, 0.2) is 5.78 Å². The lowest BCUT2D eigenvalue weighted by molar-refractivity contribution is -0.161. The summed E-state index contributed by atoms with van der Waals surface area (Å²) in [5.74, 6) is -1.84. The molecule has 188 valence electrons. The second kappa shape index (κ2) is 11.2. The topological polar surface area (TPSA) is 102 Å². The number of carbonyl (C=O) groups excluding carboxylic acids is 4. The van der Waals surface area contributed by atoms with Gasteiger partial charge in [-0.15, -0.1) is 0 Å². The molecular formula is C25H42N2O6. The van der Waals surface area contributed by atoms with E-state index < -0.39 is 41.4 Å². The maximum absolute atomic E-state index is 13.4. The van der Waals surface area contributed by atoms with Gasteiger partial charge in [0.05, 0.1) is 6.04 Å². The van der Waals surface area contributed by atoms with Crippen molar-refractivity contribution in [1.29, 1.82) is 0 Å². The summed E-state index contributed by atoms with van der Waals surface area (Å²) in [7, 11) is 0. The Hall–Kier alpha value is -2.38. The van der Waals surface area contributed by atoms with Gasteiger partial charge in [0.25, 0.3) is 0 Å². The predicted molar refractivity (Wildman–Crippen MR) is 126 cm³/mol. The smallest absolute Gasteiger partial charge is 0.411 e. The largest absolute Gasteiger partial charge is 0.458 e. The van der Waals surface area contributed by atoms with E-state index in [2.05, 4.69) is 5.32 Å². The van der Waals surface area contributed by atoms with Crippen molar-refractivity contribution >= 4 is 23.8 Å². The van der Waals surface area contributed by atoms with E-state index in [0.29, 0.717) is 6.42 Å². The molecule has 8 nitrogen and oxygen atoms in total. The molecule has 0 aromatic rings. The van der Waals surface area contributed by atoms with Crippen molar-refractivity contribution in [2.45, 2.75) is 111 Å². The minimum atomic E-state index is -0.987. The van der Waals surface area contributed by atoms with Crippen molar-refractivity contribution < 1.29 is 28.7 Å². The molecule has 2 amide bonds. The quantitative estimate of drug-likeness (QED) is 0.449. The fourth-order valence-corrected chi connectivity index (χ4v) is 3.97. The Morgan fingerprint density at radius 3 is 2.03 bits per heavy atom. The summed E-state index contributed by atoms with van der Waals surface area (Å²) >= 11 is 0. The molecule has 0 aliphatic carbocycles. The van der Waals surface area contributed by atoms with Crippen LogP contribution in [0.5, 0.6) is 0 Å². The van der Waals surface area contributed by atoms with E-state index in [4.69, 9.17) is 9.47 Å². The second-order valence-electron chi connectivity index (χ2n) is 10.7. The minimum absolute atomic E-state index is 0.189. The van der Waals surface area contributed by atoms with Gasteiger partial charge in [-0.2, -0.15) is 0 Å². The van der Waals surface area contributed by atoms with E-state index in [1.165, 1.54) is 11.8 Å². The lowest BCUT2D eigenvalue weighted by atomic mass is 9.86. The highest BCUT2D eigenvalue weighted by atomic mass is 16.6. The number of ketones is 1. The number of nitrogens with zero attached hydrogens (tertiary/aromatic N) is 1. The third kappa shape index (κ3) is 8.16. The Morgan fingerprint density at radius 2 is 1.61 bits per heavy atom. The van der Waals surface area contributed by atoms with Crippen LogP contribution in [-0.4, -0.2) is 58.0 Å². The highest BCUT2D eigenvalue weighted by Gasteiger charge is 2.53. The van der Waals surface area contributed by atoms with Crippen LogP contribution in [0.4, 0.5) is 4.79 Å². The van der Waals surface area contributed by atoms with Gasteiger partial charge < -0.3 is 14.8 Å². The number of nitrogens with one attached hydrogen (secondary N) is 1. The average molecular weight is 467 g/mol. The van der Waals surface area contributed by atoms with Gasteiger partial charge in [0.1, 0.15) is 23.3 Å². The Labute approximate surface area is 198 Å². The summed E-state index contributed by atoms with van der Waals surface area (Å²) in [4.78, 5) is 53.3. The number of rotatable bonds is 7. The monoisotopic (exact) mass is 466 g/mol. The molecule has 5 atom stereocenters. The molecule has 0 aromatic heterocycles.